The van der Waals surface area contributed by atoms with Gasteiger partial charge < -0.3 is 10.3 Å². The number of alkyl halides is 3. The zero-order chi connectivity index (χ0) is 16.1. The van der Waals surface area contributed by atoms with E-state index in [2.05, 4.69) is 5.16 Å². The summed E-state index contributed by atoms with van der Waals surface area (Å²) < 4.78 is 43.6. The van der Waals surface area contributed by atoms with Crippen molar-refractivity contribution in [1.82, 2.24) is 5.16 Å². The maximum absolute atomic E-state index is 12.8. The largest absolute Gasteiger partial charge is 0.418 e. The van der Waals surface area contributed by atoms with Crippen molar-refractivity contribution >= 4 is 11.5 Å². The van der Waals surface area contributed by atoms with Crippen LogP contribution in [-0.2, 0) is 6.18 Å². The molecule has 0 spiro atoms. The van der Waals surface area contributed by atoms with Crippen LogP contribution in [0.5, 0.6) is 0 Å². The van der Waals surface area contributed by atoms with Gasteiger partial charge in [-0.1, -0.05) is 11.2 Å². The standard InChI is InChI=1S/C15H13F3N2O2/c1-7-9(4-5-11(12(7)19)15(16,17)18)13(21)10-6-20-22-14(10)8-2-3-8/h4-6,8H,2-3,19H2,1H3. The van der Waals surface area contributed by atoms with E-state index in [1.54, 1.807) is 0 Å². The number of carbonyl (C=O) groups excluding carboxylic acids is 1. The molecule has 0 unspecified atom stereocenters. The van der Waals surface area contributed by atoms with Gasteiger partial charge in [-0.2, -0.15) is 13.2 Å². The summed E-state index contributed by atoms with van der Waals surface area (Å²) in [6.07, 6.45) is -1.40. The summed E-state index contributed by atoms with van der Waals surface area (Å²) in [5.74, 6) is 0.262. The number of nitrogens with zero attached hydrogens (tertiary/aromatic N) is 1. The average molecular weight is 310 g/mol. The molecular formula is C15H13F3N2O2. The van der Waals surface area contributed by atoms with Gasteiger partial charge in [0, 0.05) is 17.2 Å². The number of anilines is 1. The van der Waals surface area contributed by atoms with Gasteiger partial charge in [0.25, 0.3) is 0 Å². The third-order valence-electron chi connectivity index (χ3n) is 3.86. The lowest BCUT2D eigenvalue weighted by molar-refractivity contribution is -0.136. The van der Waals surface area contributed by atoms with E-state index in [1.807, 2.05) is 0 Å². The summed E-state index contributed by atoms with van der Waals surface area (Å²) in [5, 5.41) is 3.63. The van der Waals surface area contributed by atoms with Crippen LogP contribution < -0.4 is 5.73 Å². The summed E-state index contributed by atoms with van der Waals surface area (Å²) in [6.45, 7) is 1.40. The van der Waals surface area contributed by atoms with E-state index in [9.17, 15) is 18.0 Å². The Morgan fingerprint density at radius 3 is 2.59 bits per heavy atom. The number of rotatable bonds is 3. The lowest BCUT2D eigenvalue weighted by Crippen LogP contribution is -2.13. The van der Waals surface area contributed by atoms with Crippen molar-refractivity contribution in [1.29, 1.82) is 0 Å². The maximum atomic E-state index is 12.8. The van der Waals surface area contributed by atoms with E-state index in [4.69, 9.17) is 10.3 Å². The highest BCUT2D eigenvalue weighted by Crippen LogP contribution is 2.42. The molecule has 2 N–H and O–H groups in total. The first kappa shape index (κ1) is 14.6. The van der Waals surface area contributed by atoms with Gasteiger partial charge in [-0.25, -0.2) is 0 Å². The van der Waals surface area contributed by atoms with Crippen molar-refractivity contribution in [2.24, 2.45) is 0 Å². The van der Waals surface area contributed by atoms with Gasteiger partial charge in [-0.3, -0.25) is 4.79 Å². The Labute approximate surface area is 124 Å². The van der Waals surface area contributed by atoms with Gasteiger partial charge in [0.05, 0.1) is 17.3 Å². The first-order valence-electron chi connectivity index (χ1n) is 6.76. The molecule has 1 heterocycles. The van der Waals surface area contributed by atoms with Gasteiger partial charge in [0.2, 0.25) is 0 Å². The predicted molar refractivity (Wildman–Crippen MR) is 72.5 cm³/mol. The molecule has 2 aromatic rings. The van der Waals surface area contributed by atoms with Crippen LogP contribution in [0, 0.1) is 6.92 Å². The Morgan fingerprint density at radius 2 is 2.00 bits per heavy atom. The van der Waals surface area contributed by atoms with Crippen molar-refractivity contribution < 1.29 is 22.5 Å². The van der Waals surface area contributed by atoms with Crippen LogP contribution in [0.1, 0.15) is 51.6 Å². The minimum Gasteiger partial charge on any atom is -0.398 e. The Balaban J connectivity index is 2.03. The zero-order valence-electron chi connectivity index (χ0n) is 11.7. The van der Waals surface area contributed by atoms with Crippen LogP contribution in [0.4, 0.5) is 18.9 Å². The third-order valence-corrected chi connectivity index (χ3v) is 3.86. The molecule has 0 saturated heterocycles. The summed E-state index contributed by atoms with van der Waals surface area (Å²) >= 11 is 0. The number of hydrogen-bond acceptors (Lipinski definition) is 4. The highest BCUT2D eigenvalue weighted by atomic mass is 19.4. The monoisotopic (exact) mass is 310 g/mol. The van der Waals surface area contributed by atoms with Crippen molar-refractivity contribution in [3.63, 3.8) is 0 Å². The van der Waals surface area contributed by atoms with Crippen molar-refractivity contribution in [2.75, 3.05) is 5.73 Å². The highest BCUT2D eigenvalue weighted by molar-refractivity contribution is 6.11. The Morgan fingerprint density at radius 1 is 1.32 bits per heavy atom. The molecular weight excluding hydrogens is 297 g/mol. The van der Waals surface area contributed by atoms with Crippen LogP contribution in [0.15, 0.2) is 22.9 Å². The van der Waals surface area contributed by atoms with Gasteiger partial charge in [-0.05, 0) is 31.4 Å². The van der Waals surface area contributed by atoms with E-state index < -0.39 is 23.2 Å². The average Bonchev–Trinajstić information content (AvgIpc) is 3.17. The molecule has 116 valence electrons. The summed E-state index contributed by atoms with van der Waals surface area (Å²) in [4.78, 5) is 12.6. The topological polar surface area (TPSA) is 69.1 Å². The van der Waals surface area contributed by atoms with Crippen LogP contribution in [0.25, 0.3) is 0 Å². The molecule has 4 nitrogen and oxygen atoms in total. The fourth-order valence-corrected chi connectivity index (χ4v) is 2.43. The summed E-state index contributed by atoms with van der Waals surface area (Å²) in [6, 6.07) is 1.99. The van der Waals surface area contributed by atoms with E-state index in [0.29, 0.717) is 11.3 Å². The molecule has 1 aliphatic rings. The second-order valence-corrected chi connectivity index (χ2v) is 5.40. The quantitative estimate of drug-likeness (QED) is 0.693. The van der Waals surface area contributed by atoms with Crippen molar-refractivity contribution in [3.05, 3.63) is 46.3 Å². The molecule has 1 saturated carbocycles. The normalized spacial score (nSPS) is 15.1. The molecule has 0 bridgehead atoms. The Hall–Kier alpha value is -2.31. The third kappa shape index (κ3) is 2.36. The minimum atomic E-state index is -4.55. The predicted octanol–water partition coefficient (Wildman–Crippen LogP) is 3.69. The van der Waals surface area contributed by atoms with Crippen LogP contribution in [0.3, 0.4) is 0 Å². The SMILES string of the molecule is Cc1c(C(=O)c2cnoc2C2CC2)ccc(C(F)(F)F)c1N. The Kier molecular flexibility index (Phi) is 3.23. The second kappa shape index (κ2) is 4.86. The lowest BCUT2D eigenvalue weighted by atomic mass is 9.95. The van der Waals surface area contributed by atoms with Crippen LogP contribution in [0.2, 0.25) is 0 Å². The highest BCUT2D eigenvalue weighted by Gasteiger charge is 2.36. The molecule has 1 aliphatic carbocycles. The number of halogens is 3. The molecule has 0 radical (unpaired) electrons. The van der Waals surface area contributed by atoms with Gasteiger partial charge in [0.1, 0.15) is 0 Å². The molecule has 0 amide bonds. The van der Waals surface area contributed by atoms with Crippen LogP contribution >= 0.6 is 0 Å². The van der Waals surface area contributed by atoms with Crippen molar-refractivity contribution in [2.45, 2.75) is 31.9 Å². The molecule has 0 atom stereocenters. The van der Waals surface area contributed by atoms with Crippen LogP contribution in [-0.4, -0.2) is 10.9 Å². The minimum absolute atomic E-state index is 0.114. The molecule has 1 aromatic heterocycles. The number of carbonyl (C=O) groups is 1. The second-order valence-electron chi connectivity index (χ2n) is 5.40. The smallest absolute Gasteiger partial charge is 0.398 e. The fourth-order valence-electron chi connectivity index (χ4n) is 2.43. The molecule has 3 rings (SSSR count). The number of aromatic nitrogens is 1. The van der Waals surface area contributed by atoms with Crippen molar-refractivity contribution in [3.8, 4) is 0 Å². The first-order chi connectivity index (χ1) is 10.3. The molecule has 22 heavy (non-hydrogen) atoms. The summed E-state index contributed by atoms with van der Waals surface area (Å²) in [7, 11) is 0. The molecule has 0 aliphatic heterocycles. The number of benzene rings is 1. The summed E-state index contributed by atoms with van der Waals surface area (Å²) in [5.41, 5.74) is 4.74. The molecule has 1 fully saturated rings. The number of hydrogen-bond donors (Lipinski definition) is 1. The first-order valence-corrected chi connectivity index (χ1v) is 6.76. The zero-order valence-corrected chi connectivity index (χ0v) is 11.7. The number of nitrogen functional groups attached to an aromatic ring is 1. The van der Waals surface area contributed by atoms with E-state index >= 15 is 0 Å². The van der Waals surface area contributed by atoms with E-state index in [-0.39, 0.29) is 17.0 Å². The fraction of sp³-hybridized carbons (Fsp3) is 0.333. The van der Waals surface area contributed by atoms with Gasteiger partial charge >= 0.3 is 6.18 Å². The Bertz CT molecular complexity index is 746. The van der Waals surface area contributed by atoms with Gasteiger partial charge in [0.15, 0.2) is 11.5 Å². The lowest BCUT2D eigenvalue weighted by Gasteiger charge is -2.14. The van der Waals surface area contributed by atoms with E-state index in [0.717, 1.165) is 25.0 Å². The van der Waals surface area contributed by atoms with E-state index in [1.165, 1.54) is 13.1 Å². The maximum Gasteiger partial charge on any atom is 0.418 e. The number of nitrogens with two attached hydrogens (primary N) is 1. The molecule has 1 aromatic carbocycles. The molecule has 7 heteroatoms. The number of ketones is 1. The van der Waals surface area contributed by atoms with Gasteiger partial charge in [-0.15, -0.1) is 0 Å².